The number of carbonyl (C=O) groups excluding carboxylic acids is 2. The van der Waals surface area contributed by atoms with E-state index in [1.807, 2.05) is 0 Å². The predicted molar refractivity (Wildman–Crippen MR) is 111 cm³/mol. The highest BCUT2D eigenvalue weighted by Crippen LogP contribution is 2.38. The number of rotatable bonds is 4. The Labute approximate surface area is 180 Å². The highest BCUT2D eigenvalue weighted by molar-refractivity contribution is 7.17. The van der Waals surface area contributed by atoms with Crippen LogP contribution in [0.4, 0.5) is 15.5 Å². The Hall–Kier alpha value is -1.80. The van der Waals surface area contributed by atoms with Crippen molar-refractivity contribution in [2.75, 3.05) is 37.4 Å². The number of halogens is 2. The number of urea groups is 1. The molecule has 6 nitrogen and oxygen atoms in total. The predicted octanol–water partition coefficient (Wildman–Crippen LogP) is 0.695. The van der Waals surface area contributed by atoms with Crippen LogP contribution in [0.15, 0.2) is 24.3 Å². The number of benzene rings is 1. The van der Waals surface area contributed by atoms with E-state index in [0.29, 0.717) is 21.3 Å². The molecule has 0 saturated heterocycles. The Morgan fingerprint density at radius 1 is 1.32 bits per heavy atom. The Kier molecular flexibility index (Phi) is 6.98. The van der Waals surface area contributed by atoms with Crippen molar-refractivity contribution in [3.8, 4) is 0 Å². The highest BCUT2D eigenvalue weighted by atomic mass is 35.5. The van der Waals surface area contributed by atoms with Crippen LogP contribution in [0.25, 0.3) is 0 Å². The fourth-order valence-corrected chi connectivity index (χ4v) is 4.83. The number of nitrogens with two attached hydrogens (primary N) is 1. The van der Waals surface area contributed by atoms with Crippen LogP contribution in [0.2, 0.25) is 5.02 Å². The molecule has 3 rings (SSSR count). The van der Waals surface area contributed by atoms with Crippen LogP contribution in [0, 0.1) is 0 Å². The first-order valence-corrected chi connectivity index (χ1v) is 10.0. The number of quaternary nitrogens is 1. The molecular formula is C19H24Cl2N4O2S. The van der Waals surface area contributed by atoms with Gasteiger partial charge in [-0.25, -0.2) is 4.79 Å². The number of hydrogen-bond acceptors (Lipinski definition) is 3. The summed E-state index contributed by atoms with van der Waals surface area (Å²) in [6.45, 7) is 4.99. The number of nitrogens with one attached hydrogen (secondary N) is 1. The summed E-state index contributed by atoms with van der Waals surface area (Å²) in [5.74, 6) is -0.496. The lowest BCUT2D eigenvalue weighted by Gasteiger charge is -2.36. The second-order valence-electron chi connectivity index (χ2n) is 7.11. The zero-order chi connectivity index (χ0) is 19.8. The third-order valence-electron chi connectivity index (χ3n) is 5.27. The van der Waals surface area contributed by atoms with Crippen LogP contribution in [-0.4, -0.2) is 43.6 Å². The SMILES string of the molecule is CC[N+]1(C)CCc2c(sc(NC(=O)N(C)c3ccc(Cl)cc3)c2C(N)=O)C1.[Cl-]. The van der Waals surface area contributed by atoms with Gasteiger partial charge in [0.05, 0.1) is 30.6 Å². The van der Waals surface area contributed by atoms with E-state index in [-0.39, 0.29) is 18.4 Å². The number of thiophene rings is 1. The van der Waals surface area contributed by atoms with Crippen LogP contribution in [0.5, 0.6) is 0 Å². The lowest BCUT2D eigenvalue weighted by atomic mass is 10.0. The number of likely N-dealkylation sites (N-methyl/N-ethyl adjacent to an activating group) is 1. The quantitative estimate of drug-likeness (QED) is 0.683. The molecule has 28 heavy (non-hydrogen) atoms. The van der Waals surface area contributed by atoms with Crippen molar-refractivity contribution in [3.05, 3.63) is 45.3 Å². The van der Waals surface area contributed by atoms with Gasteiger partial charge in [-0.1, -0.05) is 11.6 Å². The van der Waals surface area contributed by atoms with E-state index in [1.54, 1.807) is 31.3 Å². The maximum absolute atomic E-state index is 12.7. The molecule has 3 amide bonds. The fraction of sp³-hybridized carbons (Fsp3) is 0.368. The molecule has 2 heterocycles. The van der Waals surface area contributed by atoms with Gasteiger partial charge in [0.1, 0.15) is 11.5 Å². The summed E-state index contributed by atoms with van der Waals surface area (Å²) in [6.07, 6.45) is 0.789. The molecule has 0 radical (unpaired) electrons. The topological polar surface area (TPSA) is 75.4 Å². The van der Waals surface area contributed by atoms with Crippen molar-refractivity contribution in [3.63, 3.8) is 0 Å². The minimum Gasteiger partial charge on any atom is -1.00 e. The molecule has 1 aromatic carbocycles. The molecule has 3 N–H and O–H groups in total. The first-order valence-electron chi connectivity index (χ1n) is 8.82. The van der Waals surface area contributed by atoms with E-state index in [1.165, 1.54) is 16.2 Å². The maximum atomic E-state index is 12.7. The van der Waals surface area contributed by atoms with E-state index in [9.17, 15) is 9.59 Å². The average Bonchev–Trinajstić information content (AvgIpc) is 2.98. The molecular weight excluding hydrogens is 419 g/mol. The van der Waals surface area contributed by atoms with Crippen LogP contribution >= 0.6 is 22.9 Å². The average molecular weight is 443 g/mol. The Balaban J connectivity index is 0.00000280. The van der Waals surface area contributed by atoms with Gasteiger partial charge in [-0.3, -0.25) is 15.0 Å². The van der Waals surface area contributed by atoms with Crippen LogP contribution in [-0.2, 0) is 13.0 Å². The van der Waals surface area contributed by atoms with E-state index in [0.717, 1.165) is 41.0 Å². The summed E-state index contributed by atoms with van der Waals surface area (Å²) < 4.78 is 0.920. The Bertz CT molecular complexity index is 885. The van der Waals surface area contributed by atoms with Crippen LogP contribution in [0.1, 0.15) is 27.7 Å². The Morgan fingerprint density at radius 3 is 2.54 bits per heavy atom. The second kappa shape index (κ2) is 8.69. The third-order valence-corrected chi connectivity index (χ3v) is 6.65. The molecule has 0 aliphatic carbocycles. The first kappa shape index (κ1) is 22.5. The molecule has 0 bridgehead atoms. The number of hydrogen-bond donors (Lipinski definition) is 2. The summed E-state index contributed by atoms with van der Waals surface area (Å²) >= 11 is 7.36. The minimum absolute atomic E-state index is 0. The van der Waals surface area contributed by atoms with Crippen molar-refractivity contribution in [2.24, 2.45) is 5.73 Å². The Morgan fingerprint density at radius 2 is 1.96 bits per heavy atom. The van der Waals surface area contributed by atoms with Crippen molar-refractivity contribution in [1.29, 1.82) is 0 Å². The van der Waals surface area contributed by atoms with Crippen molar-refractivity contribution < 1.29 is 26.5 Å². The molecule has 0 saturated carbocycles. The van der Waals surface area contributed by atoms with Gasteiger partial charge >= 0.3 is 6.03 Å². The summed E-state index contributed by atoms with van der Waals surface area (Å²) in [7, 11) is 3.88. The van der Waals surface area contributed by atoms with Gasteiger partial charge in [-0.15, -0.1) is 11.3 Å². The second-order valence-corrected chi connectivity index (χ2v) is 8.65. The van der Waals surface area contributed by atoms with E-state index in [4.69, 9.17) is 17.3 Å². The molecule has 9 heteroatoms. The maximum Gasteiger partial charge on any atom is 0.326 e. The monoisotopic (exact) mass is 442 g/mol. The smallest absolute Gasteiger partial charge is 0.326 e. The molecule has 1 atom stereocenters. The standard InChI is InChI=1S/C19H23ClN4O2S.ClH/c1-4-24(3)10-9-14-15(11-24)27-18(16(14)17(21)25)22-19(26)23(2)13-7-5-12(20)6-8-13;/h5-8H,4,9-11H2,1-3H3,(H2-,21,22,25,26);1H. The number of nitrogens with zero attached hydrogens (tertiary/aromatic N) is 2. The number of carbonyl (C=O) groups is 2. The van der Waals surface area contributed by atoms with E-state index in [2.05, 4.69) is 19.3 Å². The summed E-state index contributed by atoms with van der Waals surface area (Å²) in [5, 5.41) is 4.01. The zero-order valence-corrected chi connectivity index (χ0v) is 18.4. The van der Waals surface area contributed by atoms with E-state index >= 15 is 0 Å². The van der Waals surface area contributed by atoms with Gasteiger partial charge < -0.3 is 22.6 Å². The summed E-state index contributed by atoms with van der Waals surface area (Å²) in [6, 6.07) is 6.65. The molecule has 2 aromatic rings. The van der Waals surface area contributed by atoms with Gasteiger partial charge in [-0.05, 0) is 36.8 Å². The normalized spacial score (nSPS) is 18.0. The zero-order valence-electron chi connectivity index (χ0n) is 16.1. The molecule has 1 unspecified atom stereocenters. The molecule has 0 spiro atoms. The molecule has 152 valence electrons. The van der Waals surface area contributed by atoms with E-state index < -0.39 is 5.91 Å². The van der Waals surface area contributed by atoms with Crippen molar-refractivity contribution >= 4 is 45.6 Å². The molecule has 0 fully saturated rings. The van der Waals surface area contributed by atoms with Gasteiger partial charge in [-0.2, -0.15) is 0 Å². The molecule has 1 aliphatic heterocycles. The minimum atomic E-state index is -0.496. The van der Waals surface area contributed by atoms with Crippen molar-refractivity contribution in [2.45, 2.75) is 19.9 Å². The van der Waals surface area contributed by atoms with Crippen LogP contribution in [0.3, 0.4) is 0 Å². The van der Waals surface area contributed by atoms with Gasteiger partial charge in [0.25, 0.3) is 5.91 Å². The highest BCUT2D eigenvalue weighted by Gasteiger charge is 2.33. The number of anilines is 2. The lowest BCUT2D eigenvalue weighted by Crippen LogP contribution is -3.00. The largest absolute Gasteiger partial charge is 1.00 e. The fourth-order valence-electron chi connectivity index (χ4n) is 3.29. The third kappa shape index (κ3) is 4.43. The number of primary amides is 1. The lowest BCUT2D eigenvalue weighted by molar-refractivity contribution is -0.922. The van der Waals surface area contributed by atoms with Crippen molar-refractivity contribution in [1.82, 2.24) is 0 Å². The van der Waals surface area contributed by atoms with Gasteiger partial charge in [0.15, 0.2) is 0 Å². The van der Waals surface area contributed by atoms with Crippen LogP contribution < -0.4 is 28.4 Å². The first-order chi connectivity index (χ1) is 12.7. The van der Waals surface area contributed by atoms with Gasteiger partial charge in [0, 0.05) is 24.2 Å². The number of amides is 3. The molecule has 1 aliphatic rings. The molecule has 1 aromatic heterocycles. The summed E-state index contributed by atoms with van der Waals surface area (Å²) in [5.41, 5.74) is 7.79. The summed E-state index contributed by atoms with van der Waals surface area (Å²) in [4.78, 5) is 27.4. The van der Waals surface area contributed by atoms with Gasteiger partial charge in [0.2, 0.25) is 0 Å². The number of fused-ring (bicyclic) bond motifs is 1.